The first-order valence-electron chi connectivity index (χ1n) is 6.49. The second kappa shape index (κ2) is 6.21. The van der Waals surface area contributed by atoms with E-state index in [0.717, 1.165) is 0 Å². The van der Waals surface area contributed by atoms with Crippen molar-refractivity contribution in [2.75, 3.05) is 6.54 Å². The maximum absolute atomic E-state index is 12.0. The zero-order chi connectivity index (χ0) is 15.4. The van der Waals surface area contributed by atoms with Gasteiger partial charge in [-0.05, 0) is 18.4 Å². The summed E-state index contributed by atoms with van der Waals surface area (Å²) in [4.78, 5) is 34.3. The van der Waals surface area contributed by atoms with Crippen LogP contribution in [0.4, 0.5) is 10.5 Å². The number of nitro benzene ring substituents is 1. The zero-order valence-electron chi connectivity index (χ0n) is 11.2. The predicted octanol–water partition coefficient (Wildman–Crippen LogP) is 1.35. The van der Waals surface area contributed by atoms with Gasteiger partial charge < -0.3 is 15.3 Å². The van der Waals surface area contributed by atoms with Crippen molar-refractivity contribution in [1.29, 1.82) is 0 Å². The van der Waals surface area contributed by atoms with Crippen LogP contribution in [0.25, 0.3) is 0 Å². The summed E-state index contributed by atoms with van der Waals surface area (Å²) in [5.74, 6) is -1.00. The molecule has 2 N–H and O–H groups in total. The third kappa shape index (κ3) is 3.47. The quantitative estimate of drug-likeness (QED) is 0.642. The number of likely N-dealkylation sites (tertiary alicyclic amines) is 1. The Balaban J connectivity index is 1.91. The molecule has 21 heavy (non-hydrogen) atoms. The summed E-state index contributed by atoms with van der Waals surface area (Å²) in [6.45, 7) is 0.614. The van der Waals surface area contributed by atoms with Crippen LogP contribution in [0.3, 0.4) is 0 Å². The average Bonchev–Trinajstić information content (AvgIpc) is 2.95. The van der Waals surface area contributed by atoms with Crippen LogP contribution < -0.4 is 5.32 Å². The lowest BCUT2D eigenvalue weighted by Gasteiger charge is -2.21. The number of carbonyl (C=O) groups excluding carboxylic acids is 1. The van der Waals surface area contributed by atoms with Crippen molar-refractivity contribution < 1.29 is 19.6 Å². The fraction of sp³-hybridized carbons (Fsp3) is 0.385. The summed E-state index contributed by atoms with van der Waals surface area (Å²) in [6, 6.07) is 4.61. The first kappa shape index (κ1) is 14.8. The Morgan fingerprint density at radius 3 is 2.62 bits per heavy atom. The molecule has 0 radical (unpaired) electrons. The number of urea groups is 1. The molecule has 2 amide bonds. The van der Waals surface area contributed by atoms with Gasteiger partial charge in [-0.2, -0.15) is 0 Å². The number of carbonyl (C=O) groups is 2. The number of nitrogens with zero attached hydrogens (tertiary/aromatic N) is 2. The number of nitrogens with one attached hydrogen (secondary N) is 1. The van der Waals surface area contributed by atoms with Crippen LogP contribution in [0.1, 0.15) is 18.4 Å². The number of carboxylic acid groups (broad SMARTS) is 1. The monoisotopic (exact) mass is 293 g/mol. The molecule has 1 atom stereocenters. The van der Waals surface area contributed by atoms with Crippen LogP contribution >= 0.6 is 0 Å². The van der Waals surface area contributed by atoms with Crippen molar-refractivity contribution in [3.8, 4) is 0 Å². The van der Waals surface area contributed by atoms with E-state index in [-0.39, 0.29) is 12.2 Å². The molecule has 2 rings (SSSR count). The topological polar surface area (TPSA) is 113 Å². The third-order valence-electron chi connectivity index (χ3n) is 3.39. The lowest BCUT2D eigenvalue weighted by Crippen LogP contribution is -2.45. The second-order valence-corrected chi connectivity index (χ2v) is 4.77. The van der Waals surface area contributed by atoms with Gasteiger partial charge in [0.15, 0.2) is 0 Å². The van der Waals surface area contributed by atoms with Crippen LogP contribution in [-0.4, -0.2) is 39.5 Å². The van der Waals surface area contributed by atoms with E-state index in [9.17, 15) is 19.7 Å². The maximum Gasteiger partial charge on any atom is 0.326 e. The van der Waals surface area contributed by atoms with Gasteiger partial charge in [0.2, 0.25) is 0 Å². The normalized spacial score (nSPS) is 17.5. The Morgan fingerprint density at radius 1 is 1.38 bits per heavy atom. The molecule has 1 unspecified atom stereocenters. The molecule has 1 aliphatic rings. The van der Waals surface area contributed by atoms with Gasteiger partial charge in [0.1, 0.15) is 6.04 Å². The molecule has 0 bridgehead atoms. The number of hydrogen-bond acceptors (Lipinski definition) is 4. The van der Waals surface area contributed by atoms with E-state index in [1.165, 1.54) is 17.0 Å². The summed E-state index contributed by atoms with van der Waals surface area (Å²) in [5, 5.41) is 22.2. The van der Waals surface area contributed by atoms with E-state index in [1.807, 2.05) is 0 Å². The highest BCUT2D eigenvalue weighted by Gasteiger charge is 2.33. The van der Waals surface area contributed by atoms with Gasteiger partial charge in [-0.3, -0.25) is 10.1 Å². The van der Waals surface area contributed by atoms with Gasteiger partial charge in [0.05, 0.1) is 4.92 Å². The second-order valence-electron chi connectivity index (χ2n) is 4.77. The number of carboxylic acids is 1. The number of amides is 2. The number of nitro groups is 1. The van der Waals surface area contributed by atoms with Crippen molar-refractivity contribution in [1.82, 2.24) is 10.2 Å². The molecule has 1 saturated heterocycles. The molecule has 0 aliphatic carbocycles. The molecule has 0 spiro atoms. The molecule has 0 saturated carbocycles. The maximum atomic E-state index is 12.0. The van der Waals surface area contributed by atoms with Crippen LogP contribution in [0.5, 0.6) is 0 Å². The highest BCUT2D eigenvalue weighted by Crippen LogP contribution is 2.17. The van der Waals surface area contributed by atoms with Crippen molar-refractivity contribution in [3.63, 3.8) is 0 Å². The molecular formula is C13H15N3O5. The van der Waals surface area contributed by atoms with E-state index < -0.39 is 23.0 Å². The smallest absolute Gasteiger partial charge is 0.326 e. The van der Waals surface area contributed by atoms with Crippen molar-refractivity contribution >= 4 is 17.7 Å². The van der Waals surface area contributed by atoms with Gasteiger partial charge in [-0.25, -0.2) is 9.59 Å². The third-order valence-corrected chi connectivity index (χ3v) is 3.39. The largest absolute Gasteiger partial charge is 0.480 e. The predicted molar refractivity (Wildman–Crippen MR) is 72.7 cm³/mol. The van der Waals surface area contributed by atoms with Crippen LogP contribution in [0.2, 0.25) is 0 Å². The lowest BCUT2D eigenvalue weighted by atomic mass is 10.2. The van der Waals surface area contributed by atoms with E-state index in [2.05, 4.69) is 5.32 Å². The Hall–Kier alpha value is -2.64. The number of non-ortho nitro benzene ring substituents is 1. The summed E-state index contributed by atoms with van der Waals surface area (Å²) in [5.41, 5.74) is 0.690. The molecule has 1 aromatic carbocycles. The fourth-order valence-corrected chi connectivity index (χ4v) is 2.28. The van der Waals surface area contributed by atoms with Crippen LogP contribution in [0.15, 0.2) is 24.3 Å². The summed E-state index contributed by atoms with van der Waals surface area (Å²) in [7, 11) is 0. The number of benzene rings is 1. The van der Waals surface area contributed by atoms with Gasteiger partial charge in [-0.15, -0.1) is 0 Å². The molecule has 1 fully saturated rings. The van der Waals surface area contributed by atoms with E-state index in [4.69, 9.17) is 5.11 Å². The van der Waals surface area contributed by atoms with E-state index in [0.29, 0.717) is 24.9 Å². The minimum atomic E-state index is -1.00. The highest BCUT2D eigenvalue weighted by molar-refractivity contribution is 5.83. The molecule has 112 valence electrons. The van der Waals surface area contributed by atoms with Crippen molar-refractivity contribution in [3.05, 3.63) is 39.9 Å². The SMILES string of the molecule is O=C(O)C1CCCN1C(=O)NCc1ccc([N+](=O)[O-])cc1. The lowest BCUT2D eigenvalue weighted by molar-refractivity contribution is -0.384. The average molecular weight is 293 g/mol. The Kier molecular flexibility index (Phi) is 4.36. The molecule has 8 nitrogen and oxygen atoms in total. The van der Waals surface area contributed by atoms with Crippen LogP contribution in [0, 0.1) is 10.1 Å². The standard InChI is InChI=1S/C13H15N3O5/c17-12(18)11-2-1-7-15(11)13(19)14-8-9-3-5-10(6-4-9)16(20)21/h3-6,11H,1-2,7-8H2,(H,14,19)(H,17,18). The minimum absolute atomic E-state index is 0.0180. The van der Waals surface area contributed by atoms with Gasteiger partial charge >= 0.3 is 12.0 Å². The molecule has 1 heterocycles. The number of rotatable bonds is 4. The van der Waals surface area contributed by atoms with Crippen molar-refractivity contribution in [2.24, 2.45) is 0 Å². The summed E-state index contributed by atoms with van der Waals surface area (Å²) >= 11 is 0. The van der Waals surface area contributed by atoms with Gasteiger partial charge in [0.25, 0.3) is 5.69 Å². The number of aliphatic carboxylic acids is 1. The zero-order valence-corrected chi connectivity index (χ0v) is 11.2. The molecular weight excluding hydrogens is 278 g/mol. The molecule has 1 aliphatic heterocycles. The Bertz CT molecular complexity index is 557. The summed E-state index contributed by atoms with van der Waals surface area (Å²) in [6.07, 6.45) is 1.13. The molecule has 8 heteroatoms. The van der Waals surface area contributed by atoms with Gasteiger partial charge in [-0.1, -0.05) is 12.1 Å². The van der Waals surface area contributed by atoms with Gasteiger partial charge in [0, 0.05) is 25.2 Å². The first-order chi connectivity index (χ1) is 9.99. The van der Waals surface area contributed by atoms with E-state index >= 15 is 0 Å². The first-order valence-corrected chi connectivity index (χ1v) is 6.49. The van der Waals surface area contributed by atoms with E-state index in [1.54, 1.807) is 12.1 Å². The summed E-state index contributed by atoms with van der Waals surface area (Å²) < 4.78 is 0. The Labute approximate surface area is 120 Å². The number of hydrogen-bond donors (Lipinski definition) is 2. The highest BCUT2D eigenvalue weighted by atomic mass is 16.6. The van der Waals surface area contributed by atoms with Crippen LogP contribution in [-0.2, 0) is 11.3 Å². The minimum Gasteiger partial charge on any atom is -0.480 e. The molecule has 1 aromatic rings. The Morgan fingerprint density at radius 2 is 2.05 bits per heavy atom. The van der Waals surface area contributed by atoms with Crippen molar-refractivity contribution in [2.45, 2.75) is 25.4 Å². The molecule has 0 aromatic heterocycles. The fourth-order valence-electron chi connectivity index (χ4n) is 2.28.